The molecule has 0 bridgehead atoms. The zero-order valence-corrected chi connectivity index (χ0v) is 18.6. The summed E-state index contributed by atoms with van der Waals surface area (Å²) in [7, 11) is -3.65. The van der Waals surface area contributed by atoms with Crippen LogP contribution in [-0.2, 0) is 22.9 Å². The number of aryl methyl sites for hydroxylation is 3. The van der Waals surface area contributed by atoms with Crippen LogP contribution in [0.2, 0.25) is 0 Å². The van der Waals surface area contributed by atoms with Crippen LogP contribution < -0.4 is 4.72 Å². The molecule has 0 radical (unpaired) electrons. The summed E-state index contributed by atoms with van der Waals surface area (Å²) >= 11 is 0. The van der Waals surface area contributed by atoms with Crippen molar-refractivity contribution in [1.82, 2.24) is 0 Å². The predicted molar refractivity (Wildman–Crippen MR) is 118 cm³/mol. The Morgan fingerprint density at radius 3 is 2.55 bits per heavy atom. The molecule has 1 unspecified atom stereocenters. The Bertz CT molecular complexity index is 1180. The van der Waals surface area contributed by atoms with E-state index in [1.54, 1.807) is 12.1 Å². The minimum Gasteiger partial charge on any atom is -0.461 e. The maximum absolute atomic E-state index is 13.0. The summed E-state index contributed by atoms with van der Waals surface area (Å²) in [6.45, 7) is 10.6. The fourth-order valence-corrected chi connectivity index (χ4v) is 5.67. The highest BCUT2D eigenvalue weighted by Gasteiger charge is 2.31. The molecule has 3 aromatic rings. The largest absolute Gasteiger partial charge is 0.461 e. The average Bonchev–Trinajstić information content (AvgIpc) is 3.00. The maximum Gasteiger partial charge on any atom is 0.262 e. The first-order chi connectivity index (χ1) is 13.5. The highest BCUT2D eigenvalue weighted by atomic mass is 32.2. The van der Waals surface area contributed by atoms with Gasteiger partial charge in [-0.05, 0) is 73.4 Å². The molecule has 1 aromatic heterocycles. The molecule has 1 aliphatic carbocycles. The van der Waals surface area contributed by atoms with Gasteiger partial charge in [0.05, 0.1) is 4.90 Å². The van der Waals surface area contributed by atoms with E-state index in [1.807, 2.05) is 38.1 Å². The van der Waals surface area contributed by atoms with Gasteiger partial charge >= 0.3 is 0 Å². The molecule has 1 aliphatic rings. The second kappa shape index (κ2) is 6.91. The van der Waals surface area contributed by atoms with Crippen LogP contribution in [0.4, 0.5) is 5.69 Å². The van der Waals surface area contributed by atoms with Gasteiger partial charge in [-0.2, -0.15) is 0 Å². The van der Waals surface area contributed by atoms with Crippen LogP contribution >= 0.6 is 0 Å². The fraction of sp³-hybridized carbons (Fsp3) is 0.417. The first-order valence-corrected chi connectivity index (χ1v) is 11.7. The highest BCUT2D eigenvalue weighted by Crippen LogP contribution is 2.41. The van der Waals surface area contributed by atoms with Gasteiger partial charge in [-0.15, -0.1) is 0 Å². The zero-order chi connectivity index (χ0) is 21.0. The molecule has 0 saturated heterocycles. The number of anilines is 1. The fourth-order valence-electron chi connectivity index (χ4n) is 4.29. The number of benzene rings is 2. The first-order valence-electron chi connectivity index (χ1n) is 10.2. The predicted octanol–water partition coefficient (Wildman–Crippen LogP) is 6.00. The second-order valence-electron chi connectivity index (χ2n) is 9.39. The van der Waals surface area contributed by atoms with E-state index in [0.717, 1.165) is 47.1 Å². The zero-order valence-electron chi connectivity index (χ0n) is 17.8. The normalized spacial score (nSPS) is 17.3. The van der Waals surface area contributed by atoms with Crippen molar-refractivity contribution in [2.45, 2.75) is 58.8 Å². The van der Waals surface area contributed by atoms with Crippen molar-refractivity contribution in [1.29, 1.82) is 0 Å². The molecule has 29 heavy (non-hydrogen) atoms. The molecule has 0 fully saturated rings. The Kier molecular flexibility index (Phi) is 4.77. The summed E-state index contributed by atoms with van der Waals surface area (Å²) in [5, 5.41) is 1.02. The Labute approximate surface area is 173 Å². The third-order valence-corrected chi connectivity index (χ3v) is 7.68. The lowest BCUT2D eigenvalue weighted by Crippen LogP contribution is -2.26. The van der Waals surface area contributed by atoms with E-state index in [-0.39, 0.29) is 5.41 Å². The smallest absolute Gasteiger partial charge is 0.262 e. The first kappa shape index (κ1) is 20.0. The SMILES string of the molecule is Cc1ccc(C)c(S(=O)(=O)Nc2ccc3oc4c(c3c2)CC(C(C)(C)C)CC4)c1. The molecule has 1 N–H and O–H groups in total. The van der Waals surface area contributed by atoms with Crippen LogP contribution in [-0.4, -0.2) is 8.42 Å². The van der Waals surface area contributed by atoms with E-state index in [9.17, 15) is 8.42 Å². The number of furan rings is 1. The van der Waals surface area contributed by atoms with Crippen molar-refractivity contribution in [2.24, 2.45) is 11.3 Å². The summed E-state index contributed by atoms with van der Waals surface area (Å²) in [5.74, 6) is 1.64. The summed E-state index contributed by atoms with van der Waals surface area (Å²) in [6, 6.07) is 11.0. The van der Waals surface area contributed by atoms with Crippen LogP contribution in [0.25, 0.3) is 11.0 Å². The molecule has 4 rings (SSSR count). The third kappa shape index (κ3) is 3.80. The van der Waals surface area contributed by atoms with Gasteiger partial charge in [0.25, 0.3) is 10.0 Å². The molecule has 0 saturated carbocycles. The van der Waals surface area contributed by atoms with Crippen LogP contribution in [0.5, 0.6) is 0 Å². The highest BCUT2D eigenvalue weighted by molar-refractivity contribution is 7.92. The molecule has 1 heterocycles. The number of hydrogen-bond donors (Lipinski definition) is 1. The van der Waals surface area contributed by atoms with Crippen molar-refractivity contribution in [3.05, 3.63) is 58.8 Å². The molecule has 4 nitrogen and oxygen atoms in total. The van der Waals surface area contributed by atoms with Gasteiger partial charge in [-0.25, -0.2) is 8.42 Å². The number of rotatable bonds is 3. The van der Waals surface area contributed by atoms with E-state index in [0.29, 0.717) is 16.5 Å². The van der Waals surface area contributed by atoms with Gasteiger partial charge in [-0.3, -0.25) is 4.72 Å². The summed E-state index contributed by atoms with van der Waals surface area (Å²) < 4.78 is 34.8. The van der Waals surface area contributed by atoms with Crippen molar-refractivity contribution in [2.75, 3.05) is 4.72 Å². The monoisotopic (exact) mass is 411 g/mol. The molecule has 5 heteroatoms. The molecule has 1 atom stereocenters. The van der Waals surface area contributed by atoms with Gasteiger partial charge in [-0.1, -0.05) is 32.9 Å². The van der Waals surface area contributed by atoms with Crippen molar-refractivity contribution >= 4 is 26.7 Å². The number of hydrogen-bond acceptors (Lipinski definition) is 3. The van der Waals surface area contributed by atoms with E-state index in [1.165, 1.54) is 5.56 Å². The molecular weight excluding hydrogens is 382 g/mol. The van der Waals surface area contributed by atoms with E-state index < -0.39 is 10.0 Å². The Morgan fingerprint density at radius 1 is 1.07 bits per heavy atom. The molecule has 0 amide bonds. The quantitative estimate of drug-likeness (QED) is 0.575. The molecule has 0 aliphatic heterocycles. The van der Waals surface area contributed by atoms with Crippen molar-refractivity contribution in [3.8, 4) is 0 Å². The van der Waals surface area contributed by atoms with Gasteiger partial charge in [0.1, 0.15) is 11.3 Å². The van der Waals surface area contributed by atoms with Gasteiger partial charge in [0.2, 0.25) is 0 Å². The average molecular weight is 412 g/mol. The van der Waals surface area contributed by atoms with Crippen LogP contribution in [0.15, 0.2) is 45.7 Å². The summed E-state index contributed by atoms with van der Waals surface area (Å²) in [4.78, 5) is 0.319. The third-order valence-electron chi connectivity index (χ3n) is 6.15. The van der Waals surface area contributed by atoms with Crippen LogP contribution in [0.3, 0.4) is 0 Å². The van der Waals surface area contributed by atoms with E-state index in [4.69, 9.17) is 4.42 Å². The molecule has 2 aromatic carbocycles. The Balaban J connectivity index is 1.70. The number of nitrogens with one attached hydrogen (secondary N) is 1. The molecule has 0 spiro atoms. The van der Waals surface area contributed by atoms with Crippen LogP contribution in [0.1, 0.15) is 49.6 Å². The van der Waals surface area contributed by atoms with E-state index in [2.05, 4.69) is 25.5 Å². The lowest BCUT2D eigenvalue weighted by atomic mass is 9.71. The second-order valence-corrected chi connectivity index (χ2v) is 11.0. The lowest BCUT2D eigenvalue weighted by molar-refractivity contribution is 0.210. The maximum atomic E-state index is 13.0. The minimum atomic E-state index is -3.65. The van der Waals surface area contributed by atoms with Gasteiger partial charge < -0.3 is 4.42 Å². The van der Waals surface area contributed by atoms with E-state index >= 15 is 0 Å². The molecule has 154 valence electrons. The summed E-state index contributed by atoms with van der Waals surface area (Å²) in [5.41, 5.74) is 4.53. The van der Waals surface area contributed by atoms with Crippen molar-refractivity contribution < 1.29 is 12.8 Å². The number of fused-ring (bicyclic) bond motifs is 3. The van der Waals surface area contributed by atoms with Gasteiger partial charge in [0, 0.05) is 23.1 Å². The van der Waals surface area contributed by atoms with Crippen LogP contribution in [0, 0.1) is 25.2 Å². The van der Waals surface area contributed by atoms with Crippen molar-refractivity contribution in [3.63, 3.8) is 0 Å². The standard InChI is InChI=1S/C24H29NO3S/c1-15-6-7-16(2)23(12-15)29(26,27)25-18-9-11-22-20(14-18)19-13-17(24(3,4)5)8-10-21(19)28-22/h6-7,9,11-12,14,17,25H,8,10,13H2,1-5H3. The Morgan fingerprint density at radius 2 is 1.83 bits per heavy atom. The molecular formula is C24H29NO3S. The number of sulfonamides is 1. The lowest BCUT2D eigenvalue weighted by Gasteiger charge is -2.33. The van der Waals surface area contributed by atoms with Gasteiger partial charge in [0.15, 0.2) is 0 Å². The minimum absolute atomic E-state index is 0.239. The topological polar surface area (TPSA) is 59.3 Å². The summed E-state index contributed by atoms with van der Waals surface area (Å²) in [6.07, 6.45) is 3.04. The Hall–Kier alpha value is -2.27.